The molecule has 0 radical (unpaired) electrons. The lowest BCUT2D eigenvalue weighted by Gasteiger charge is -2.35. The van der Waals surface area contributed by atoms with E-state index in [1.807, 2.05) is 69.3 Å². The van der Waals surface area contributed by atoms with Gasteiger partial charge >= 0.3 is 12.1 Å². The number of pyridine rings is 1. The van der Waals surface area contributed by atoms with Crippen LogP contribution < -0.4 is 4.74 Å². The Morgan fingerprint density at radius 2 is 1.30 bits per heavy atom. The van der Waals surface area contributed by atoms with E-state index in [4.69, 9.17) is 9.47 Å². The number of piperazine rings is 1. The first-order chi connectivity index (χ1) is 19.0. The van der Waals surface area contributed by atoms with Crippen LogP contribution in [0.2, 0.25) is 0 Å². The monoisotopic (exact) mass is 667 g/mol. The van der Waals surface area contributed by atoms with E-state index in [0.29, 0.717) is 68.1 Å². The number of esters is 1. The fourth-order valence-electron chi connectivity index (χ4n) is 4.59. The molecule has 1 aliphatic heterocycles. The Morgan fingerprint density at radius 1 is 0.800 bits per heavy atom. The van der Waals surface area contributed by atoms with Crippen molar-refractivity contribution in [2.45, 2.75) is 26.4 Å². The van der Waals surface area contributed by atoms with Crippen molar-refractivity contribution in [1.29, 1.82) is 0 Å². The van der Waals surface area contributed by atoms with Crippen LogP contribution in [0.15, 0.2) is 69.6 Å². The van der Waals surface area contributed by atoms with Crippen molar-refractivity contribution in [1.82, 2.24) is 14.8 Å². The lowest BCUT2D eigenvalue weighted by atomic mass is 10.0. The van der Waals surface area contributed by atoms with Crippen LogP contribution in [0.3, 0.4) is 0 Å². The van der Waals surface area contributed by atoms with E-state index < -0.39 is 11.6 Å². The summed E-state index contributed by atoms with van der Waals surface area (Å²) in [5.74, 6) is -0.455. The summed E-state index contributed by atoms with van der Waals surface area (Å²) in [5.41, 5.74) is 1.65. The molecule has 0 spiro atoms. The second kappa shape index (κ2) is 11.2. The number of halogens is 2. The average molecular weight is 669 g/mol. The second-order valence-electron chi connectivity index (χ2n) is 10.4. The van der Waals surface area contributed by atoms with Gasteiger partial charge in [-0.1, -0.05) is 36.4 Å². The maximum atomic E-state index is 13.6. The van der Waals surface area contributed by atoms with Crippen molar-refractivity contribution < 1.29 is 23.9 Å². The smallest absolute Gasteiger partial charge is 0.410 e. The van der Waals surface area contributed by atoms with Gasteiger partial charge in [0, 0.05) is 42.5 Å². The van der Waals surface area contributed by atoms with Crippen LogP contribution in [0.4, 0.5) is 4.79 Å². The summed E-state index contributed by atoms with van der Waals surface area (Å²) in [4.78, 5) is 47.2. The van der Waals surface area contributed by atoms with Gasteiger partial charge in [0.05, 0.1) is 25.5 Å². The number of hydrogen-bond donors (Lipinski definition) is 0. The third-order valence-corrected chi connectivity index (χ3v) is 7.63. The summed E-state index contributed by atoms with van der Waals surface area (Å²) in [5, 5.41) is 1.38. The van der Waals surface area contributed by atoms with Crippen LogP contribution in [-0.2, 0) is 4.74 Å². The average Bonchev–Trinajstić information content (AvgIpc) is 2.92. The lowest BCUT2D eigenvalue weighted by Crippen LogP contribution is -2.51. The summed E-state index contributed by atoms with van der Waals surface area (Å²) < 4.78 is 12.2. The van der Waals surface area contributed by atoms with Gasteiger partial charge in [0.2, 0.25) is 0 Å². The molecule has 1 aliphatic rings. The molecule has 0 N–H and O–H groups in total. The fourth-order valence-corrected chi connectivity index (χ4v) is 5.93. The van der Waals surface area contributed by atoms with Crippen molar-refractivity contribution in [2.75, 3.05) is 26.2 Å². The predicted octanol–water partition coefficient (Wildman–Crippen LogP) is 6.83. The summed E-state index contributed by atoms with van der Waals surface area (Å²) >= 11 is 6.98. The molecular weight excluding hydrogens is 642 g/mol. The number of carbonyl (C=O) groups excluding carboxylic acids is 3. The van der Waals surface area contributed by atoms with Crippen LogP contribution >= 0.6 is 31.9 Å². The number of amides is 2. The minimum Gasteiger partial charge on any atom is -0.444 e. The first kappa shape index (κ1) is 28.0. The minimum atomic E-state index is -0.578. The number of rotatable bonds is 3. The highest BCUT2D eigenvalue weighted by molar-refractivity contribution is 9.11. The van der Waals surface area contributed by atoms with Crippen LogP contribution in [-0.4, -0.2) is 64.5 Å². The molecule has 40 heavy (non-hydrogen) atoms. The van der Waals surface area contributed by atoms with E-state index >= 15 is 0 Å². The molecule has 1 saturated heterocycles. The Bertz CT molecular complexity index is 1570. The zero-order valence-corrected chi connectivity index (χ0v) is 25.4. The Labute approximate surface area is 248 Å². The number of ether oxygens (including phenoxy) is 2. The molecule has 0 saturated carbocycles. The molecule has 8 nitrogen and oxygen atoms in total. The Balaban J connectivity index is 1.35. The summed E-state index contributed by atoms with van der Waals surface area (Å²) in [7, 11) is 0. The number of benzene rings is 3. The van der Waals surface area contributed by atoms with Crippen molar-refractivity contribution in [3.8, 4) is 5.75 Å². The molecule has 206 valence electrons. The molecule has 3 aromatic carbocycles. The predicted molar refractivity (Wildman–Crippen MR) is 160 cm³/mol. The molecule has 2 heterocycles. The van der Waals surface area contributed by atoms with Gasteiger partial charge in [-0.15, -0.1) is 0 Å². The Hall–Kier alpha value is -3.50. The Kier molecular flexibility index (Phi) is 7.83. The molecule has 1 aromatic heterocycles. The molecule has 0 unspecified atom stereocenters. The van der Waals surface area contributed by atoms with E-state index in [9.17, 15) is 14.4 Å². The van der Waals surface area contributed by atoms with Crippen LogP contribution in [0.25, 0.3) is 21.8 Å². The first-order valence-corrected chi connectivity index (χ1v) is 14.4. The maximum Gasteiger partial charge on any atom is 0.410 e. The standard InChI is InChI=1S/C30H27Br2N3O5/c1-30(2,3)40-29(38)35-14-12-34(13-15-35)27(36)18-16-21(31)26(22(32)17-18)39-28(37)25-19-8-4-6-10-23(19)33-24-11-7-5-9-20(24)25/h4-11,16-17H,12-15H2,1-3H3. The molecule has 2 amide bonds. The normalized spacial score (nSPS) is 13.9. The van der Waals surface area contributed by atoms with Gasteiger partial charge in [-0.2, -0.15) is 0 Å². The number of aromatic nitrogens is 1. The van der Waals surface area contributed by atoms with E-state index in [-0.39, 0.29) is 17.7 Å². The SMILES string of the molecule is CC(C)(C)OC(=O)N1CCN(C(=O)c2cc(Br)c(OC(=O)c3c4ccccc4nc4ccccc34)c(Br)c2)CC1. The number of fused-ring (bicyclic) bond motifs is 2. The summed E-state index contributed by atoms with van der Waals surface area (Å²) in [6.45, 7) is 6.99. The molecule has 5 rings (SSSR count). The van der Waals surface area contributed by atoms with E-state index in [0.717, 1.165) is 0 Å². The van der Waals surface area contributed by atoms with Gasteiger partial charge in [0.15, 0.2) is 5.75 Å². The fraction of sp³-hybridized carbons (Fsp3) is 0.267. The highest BCUT2D eigenvalue weighted by Gasteiger charge is 2.29. The van der Waals surface area contributed by atoms with Crippen molar-refractivity contribution in [3.05, 3.63) is 80.7 Å². The van der Waals surface area contributed by atoms with E-state index in [1.54, 1.807) is 21.9 Å². The zero-order chi connectivity index (χ0) is 28.6. The van der Waals surface area contributed by atoms with E-state index in [2.05, 4.69) is 36.8 Å². The molecule has 0 atom stereocenters. The van der Waals surface area contributed by atoms with Crippen LogP contribution in [0, 0.1) is 0 Å². The molecule has 0 aliphatic carbocycles. The molecule has 4 aromatic rings. The molecule has 10 heteroatoms. The zero-order valence-electron chi connectivity index (χ0n) is 22.2. The van der Waals surface area contributed by atoms with Crippen molar-refractivity contribution >= 4 is 71.6 Å². The summed E-state index contributed by atoms with van der Waals surface area (Å²) in [6, 6.07) is 18.1. The number of nitrogens with zero attached hydrogens (tertiary/aromatic N) is 3. The van der Waals surface area contributed by atoms with Crippen LogP contribution in [0.1, 0.15) is 41.5 Å². The second-order valence-corrected chi connectivity index (χ2v) is 12.1. The van der Waals surface area contributed by atoms with Gasteiger partial charge in [0.1, 0.15) is 5.60 Å². The van der Waals surface area contributed by atoms with Crippen molar-refractivity contribution in [2.24, 2.45) is 0 Å². The maximum absolute atomic E-state index is 13.6. The lowest BCUT2D eigenvalue weighted by molar-refractivity contribution is 0.0140. The largest absolute Gasteiger partial charge is 0.444 e. The van der Waals surface area contributed by atoms with Crippen molar-refractivity contribution in [3.63, 3.8) is 0 Å². The van der Waals surface area contributed by atoms with E-state index in [1.165, 1.54) is 0 Å². The first-order valence-electron chi connectivity index (χ1n) is 12.8. The van der Waals surface area contributed by atoms with Gasteiger partial charge in [-0.05, 0) is 76.9 Å². The Morgan fingerprint density at radius 3 is 1.82 bits per heavy atom. The van der Waals surface area contributed by atoms with Crippen LogP contribution in [0.5, 0.6) is 5.75 Å². The number of hydrogen-bond acceptors (Lipinski definition) is 6. The number of para-hydroxylation sites is 2. The summed E-state index contributed by atoms with van der Waals surface area (Å²) in [6.07, 6.45) is -0.383. The molecule has 0 bridgehead atoms. The third-order valence-electron chi connectivity index (χ3n) is 6.45. The third kappa shape index (κ3) is 5.83. The van der Waals surface area contributed by atoms with Gasteiger partial charge in [-0.3, -0.25) is 4.79 Å². The molecule has 1 fully saturated rings. The molecular formula is C30H27Br2N3O5. The minimum absolute atomic E-state index is 0.186. The van der Waals surface area contributed by atoms with Gasteiger partial charge in [-0.25, -0.2) is 14.6 Å². The van der Waals surface area contributed by atoms with Gasteiger partial charge in [0.25, 0.3) is 5.91 Å². The highest BCUT2D eigenvalue weighted by atomic mass is 79.9. The highest BCUT2D eigenvalue weighted by Crippen LogP contribution is 2.37. The van der Waals surface area contributed by atoms with Gasteiger partial charge < -0.3 is 19.3 Å². The number of carbonyl (C=O) groups is 3. The topological polar surface area (TPSA) is 89.0 Å². The quantitative estimate of drug-likeness (QED) is 0.135.